The van der Waals surface area contributed by atoms with Gasteiger partial charge < -0.3 is 0 Å². The van der Waals surface area contributed by atoms with Crippen LogP contribution < -0.4 is 4.90 Å². The molecule has 0 radical (unpaired) electrons. The van der Waals surface area contributed by atoms with Crippen molar-refractivity contribution in [2.45, 2.75) is 78.3 Å². The van der Waals surface area contributed by atoms with Crippen LogP contribution in [0.4, 0.5) is 5.69 Å². The van der Waals surface area contributed by atoms with E-state index in [1.54, 1.807) is 32.9 Å². The summed E-state index contributed by atoms with van der Waals surface area (Å²) in [5.74, 6) is -0.886. The van der Waals surface area contributed by atoms with Gasteiger partial charge >= 0.3 is 0 Å². The summed E-state index contributed by atoms with van der Waals surface area (Å²) >= 11 is 0. The van der Waals surface area contributed by atoms with Crippen molar-refractivity contribution in [3.05, 3.63) is 58.1 Å². The number of hydrogen-bond acceptors (Lipinski definition) is 4. The van der Waals surface area contributed by atoms with Gasteiger partial charge in [0.15, 0.2) is 0 Å². The highest BCUT2D eigenvalue weighted by Crippen LogP contribution is 2.35. The van der Waals surface area contributed by atoms with Gasteiger partial charge in [-0.15, -0.1) is 0 Å². The van der Waals surface area contributed by atoms with Crippen LogP contribution in [0, 0.1) is 34.6 Å². The van der Waals surface area contributed by atoms with Crippen LogP contribution >= 0.6 is 0 Å². The molecule has 1 fully saturated rings. The number of imide groups is 1. The third-order valence-electron chi connectivity index (χ3n) is 6.58. The second-order valence-corrected chi connectivity index (χ2v) is 10.6. The minimum absolute atomic E-state index is 0.167. The molecule has 1 saturated heterocycles. The summed E-state index contributed by atoms with van der Waals surface area (Å²) in [6, 6.07) is 7.55. The number of anilines is 1. The number of carbonyl (C=O) groups is 2. The first-order chi connectivity index (χ1) is 14.9. The molecule has 2 aromatic rings. The SMILES string of the molecule is CCC(C)N(C1CC(=O)N(c2ccc(C)cc2)C1=O)S(=O)(=O)c1c(C)c(C)cc(C)c1C. The fourth-order valence-corrected chi connectivity index (χ4v) is 6.77. The van der Waals surface area contributed by atoms with E-state index in [1.165, 1.54) is 4.31 Å². The monoisotopic (exact) mass is 456 g/mol. The molecule has 1 heterocycles. The predicted molar refractivity (Wildman–Crippen MR) is 126 cm³/mol. The Balaban J connectivity index is 2.13. The number of aryl methyl sites for hydroxylation is 3. The molecule has 2 aromatic carbocycles. The summed E-state index contributed by atoms with van der Waals surface area (Å²) in [6.45, 7) is 13.0. The van der Waals surface area contributed by atoms with Crippen LogP contribution in [0.2, 0.25) is 0 Å². The molecule has 0 saturated carbocycles. The third-order valence-corrected chi connectivity index (χ3v) is 8.88. The Hall–Kier alpha value is -2.51. The van der Waals surface area contributed by atoms with E-state index in [2.05, 4.69) is 0 Å². The zero-order valence-corrected chi connectivity index (χ0v) is 20.7. The lowest BCUT2D eigenvalue weighted by atomic mass is 10.0. The molecule has 2 amide bonds. The van der Waals surface area contributed by atoms with Gasteiger partial charge in [-0.3, -0.25) is 9.59 Å². The fourth-order valence-electron chi connectivity index (χ4n) is 4.34. The van der Waals surface area contributed by atoms with E-state index in [0.29, 0.717) is 23.2 Å². The summed E-state index contributed by atoms with van der Waals surface area (Å²) in [5.41, 5.74) is 4.58. The van der Waals surface area contributed by atoms with Crippen molar-refractivity contribution >= 4 is 27.5 Å². The van der Waals surface area contributed by atoms with E-state index in [-0.39, 0.29) is 17.2 Å². The molecule has 2 unspecified atom stereocenters. The van der Waals surface area contributed by atoms with Gasteiger partial charge in [0.2, 0.25) is 15.9 Å². The van der Waals surface area contributed by atoms with Gasteiger partial charge in [0.25, 0.3) is 5.91 Å². The molecular formula is C25H32N2O4S. The van der Waals surface area contributed by atoms with Crippen LogP contribution in [0.25, 0.3) is 0 Å². The number of nitrogens with zero attached hydrogens (tertiary/aromatic N) is 2. The van der Waals surface area contributed by atoms with Crippen molar-refractivity contribution in [1.29, 1.82) is 0 Å². The van der Waals surface area contributed by atoms with Gasteiger partial charge in [-0.25, -0.2) is 13.3 Å². The minimum atomic E-state index is -4.04. The summed E-state index contributed by atoms with van der Waals surface area (Å²) in [6.07, 6.45) is 0.351. The van der Waals surface area contributed by atoms with Gasteiger partial charge in [0.05, 0.1) is 17.0 Å². The van der Waals surface area contributed by atoms with Crippen molar-refractivity contribution in [1.82, 2.24) is 4.31 Å². The first-order valence-corrected chi connectivity index (χ1v) is 12.4. The van der Waals surface area contributed by atoms with E-state index >= 15 is 0 Å². The average Bonchev–Trinajstić information content (AvgIpc) is 3.00. The van der Waals surface area contributed by atoms with Crippen molar-refractivity contribution in [2.24, 2.45) is 0 Å². The molecule has 0 aliphatic carbocycles. The summed E-state index contributed by atoms with van der Waals surface area (Å²) in [7, 11) is -4.04. The second kappa shape index (κ2) is 8.79. The number of amides is 2. The molecule has 0 aromatic heterocycles. The number of rotatable bonds is 6. The third kappa shape index (κ3) is 3.99. The van der Waals surface area contributed by atoms with Crippen molar-refractivity contribution in [3.8, 4) is 0 Å². The maximum Gasteiger partial charge on any atom is 0.252 e. The maximum atomic E-state index is 14.0. The quantitative estimate of drug-likeness (QED) is 0.606. The number of benzene rings is 2. The molecule has 1 aliphatic heterocycles. The van der Waals surface area contributed by atoms with Crippen LogP contribution in [-0.2, 0) is 19.6 Å². The maximum absolute atomic E-state index is 14.0. The highest BCUT2D eigenvalue weighted by Gasteiger charge is 2.49. The predicted octanol–water partition coefficient (Wildman–Crippen LogP) is 4.35. The molecule has 1 aliphatic rings. The first-order valence-electron chi connectivity index (χ1n) is 11.0. The van der Waals surface area contributed by atoms with Gasteiger partial charge in [-0.1, -0.05) is 30.7 Å². The van der Waals surface area contributed by atoms with Crippen molar-refractivity contribution in [3.63, 3.8) is 0 Å². The normalized spacial score (nSPS) is 18.0. The lowest BCUT2D eigenvalue weighted by molar-refractivity contribution is -0.122. The molecule has 32 heavy (non-hydrogen) atoms. The Morgan fingerprint density at radius 3 is 2.03 bits per heavy atom. The zero-order valence-electron chi connectivity index (χ0n) is 19.9. The van der Waals surface area contributed by atoms with Crippen LogP contribution in [0.3, 0.4) is 0 Å². The molecule has 0 spiro atoms. The van der Waals surface area contributed by atoms with Crippen LogP contribution in [0.1, 0.15) is 54.5 Å². The van der Waals surface area contributed by atoms with E-state index in [0.717, 1.165) is 21.6 Å². The highest BCUT2D eigenvalue weighted by molar-refractivity contribution is 7.89. The van der Waals surface area contributed by atoms with E-state index in [4.69, 9.17) is 0 Å². The van der Waals surface area contributed by atoms with Crippen LogP contribution in [0.15, 0.2) is 35.2 Å². The minimum Gasteiger partial charge on any atom is -0.274 e. The second-order valence-electron chi connectivity index (χ2n) is 8.80. The van der Waals surface area contributed by atoms with Crippen LogP contribution in [-0.4, -0.2) is 36.6 Å². The smallest absolute Gasteiger partial charge is 0.252 e. The summed E-state index contributed by atoms with van der Waals surface area (Å²) in [5, 5.41) is 0. The molecule has 3 rings (SSSR count). The van der Waals surface area contributed by atoms with E-state index in [1.807, 2.05) is 45.9 Å². The topological polar surface area (TPSA) is 74.8 Å². The Morgan fingerprint density at radius 2 is 1.53 bits per heavy atom. The molecule has 7 heteroatoms. The van der Waals surface area contributed by atoms with E-state index < -0.39 is 28.0 Å². The van der Waals surface area contributed by atoms with Crippen molar-refractivity contribution < 1.29 is 18.0 Å². The van der Waals surface area contributed by atoms with Gasteiger partial charge in [-0.2, -0.15) is 4.31 Å². The first kappa shape index (κ1) is 24.1. The van der Waals surface area contributed by atoms with Crippen LogP contribution in [0.5, 0.6) is 0 Å². The molecular weight excluding hydrogens is 424 g/mol. The zero-order chi connectivity index (χ0) is 24.0. The molecule has 2 atom stereocenters. The van der Waals surface area contributed by atoms with Gasteiger partial charge in [0, 0.05) is 6.04 Å². The highest BCUT2D eigenvalue weighted by atomic mass is 32.2. The Labute approximate surface area is 191 Å². The van der Waals surface area contributed by atoms with Gasteiger partial charge in [-0.05, 0) is 82.3 Å². The Morgan fingerprint density at radius 1 is 1.00 bits per heavy atom. The molecule has 0 bridgehead atoms. The lowest BCUT2D eigenvalue weighted by Gasteiger charge is -2.33. The standard InChI is InChI=1S/C25H32N2O4S/c1-8-18(5)27(32(30,31)24-19(6)16(3)13-17(4)20(24)7)22-14-23(28)26(25(22)29)21-11-9-15(2)10-12-21/h9-13,18,22H,8,14H2,1-7H3. The Bertz CT molecular complexity index is 1140. The number of sulfonamides is 1. The number of hydrogen-bond donors (Lipinski definition) is 0. The number of carbonyl (C=O) groups excluding carboxylic acids is 2. The Kier molecular flexibility index (Phi) is 6.63. The largest absolute Gasteiger partial charge is 0.274 e. The molecule has 6 nitrogen and oxygen atoms in total. The van der Waals surface area contributed by atoms with E-state index in [9.17, 15) is 18.0 Å². The average molecular weight is 457 g/mol. The fraction of sp³-hybridized carbons (Fsp3) is 0.440. The molecule has 172 valence electrons. The summed E-state index contributed by atoms with van der Waals surface area (Å²) < 4.78 is 29.4. The summed E-state index contributed by atoms with van der Waals surface area (Å²) in [4.78, 5) is 27.7. The lowest BCUT2D eigenvalue weighted by Crippen LogP contribution is -2.49. The molecule has 0 N–H and O–H groups in total. The van der Waals surface area contributed by atoms with Gasteiger partial charge in [0.1, 0.15) is 6.04 Å². The van der Waals surface area contributed by atoms with Crippen molar-refractivity contribution in [2.75, 3.05) is 4.90 Å².